The van der Waals surface area contributed by atoms with E-state index in [0.29, 0.717) is 0 Å². The topological polar surface area (TPSA) is 57.5 Å². The first-order chi connectivity index (χ1) is 1.73. The van der Waals surface area contributed by atoms with Gasteiger partial charge in [0, 0.05) is 0 Å². The Bertz CT molecular complexity index is 33.8. The Labute approximate surface area is 79.7 Å². The van der Waals surface area contributed by atoms with E-state index in [-0.39, 0.29) is 57.5 Å². The molecule has 0 amide bonds. The maximum absolute atomic E-state index is 8.74. The van der Waals surface area contributed by atoms with Crippen molar-refractivity contribution in [3.05, 3.63) is 0 Å². The van der Waals surface area contributed by atoms with E-state index in [1.165, 1.54) is 0 Å². The van der Waals surface area contributed by atoms with Gasteiger partial charge < -0.3 is 9.59 Å². The molecule has 0 unspecified atom stereocenters. The molecule has 0 radical (unpaired) electrons. The summed E-state index contributed by atoms with van der Waals surface area (Å²) in [6, 6.07) is 0. The van der Waals surface area contributed by atoms with Crippen LogP contribution < -0.4 is 0 Å². The van der Waals surface area contributed by atoms with Crippen LogP contribution in [0.5, 0.6) is 0 Å². The molecule has 6 heavy (non-hydrogen) atoms. The molecule has 0 aliphatic carbocycles. The SMILES string of the molecule is O=[Si](O)O.[CaH2].[GaH3]. The molecule has 0 saturated carbocycles. The van der Waals surface area contributed by atoms with Gasteiger partial charge in [-0.05, 0) is 0 Å². The fourth-order valence-corrected chi connectivity index (χ4v) is 0. The number of hydrogen-bond acceptors (Lipinski definition) is 1. The molecule has 0 aromatic carbocycles. The van der Waals surface area contributed by atoms with Crippen molar-refractivity contribution in [2.75, 3.05) is 0 Å². The summed E-state index contributed by atoms with van der Waals surface area (Å²) in [6.45, 7) is 0. The Morgan fingerprint density at radius 3 is 1.33 bits per heavy atom. The molecule has 0 aliphatic heterocycles. The standard InChI is InChI=1S/Ca.Ga.H2O3Si.5H/c;;1-4(2)3;;;;;/h;;1-2H;;;;;. The van der Waals surface area contributed by atoms with E-state index in [1.807, 2.05) is 0 Å². The van der Waals surface area contributed by atoms with Crippen molar-refractivity contribution in [2.24, 2.45) is 0 Å². The molecule has 2 N–H and O–H groups in total. The molecule has 0 aromatic rings. The van der Waals surface area contributed by atoms with Crippen molar-refractivity contribution in [3.8, 4) is 0 Å². The van der Waals surface area contributed by atoms with Gasteiger partial charge in [0.05, 0.1) is 0 Å². The summed E-state index contributed by atoms with van der Waals surface area (Å²) in [5.41, 5.74) is 0. The zero-order chi connectivity index (χ0) is 3.58. The Hall–Kier alpha value is 1.51. The normalized spacial score (nSPS) is 4.00. The summed E-state index contributed by atoms with van der Waals surface area (Å²) in [6.07, 6.45) is 0. The van der Waals surface area contributed by atoms with Gasteiger partial charge in [0.1, 0.15) is 0 Å². The zero-order valence-corrected chi connectivity index (χ0v) is 2.80. The molecular weight excluding hydrogens is 186 g/mol. The second-order valence-corrected chi connectivity index (χ2v) is 0.848. The first kappa shape index (κ1) is 15.6. The molecule has 0 heterocycles. The fraction of sp³-hybridized carbons (Fsp3) is 0. The van der Waals surface area contributed by atoms with Crippen LogP contribution in [0.2, 0.25) is 0 Å². The van der Waals surface area contributed by atoms with Gasteiger partial charge in [-0.15, -0.1) is 0 Å². The van der Waals surface area contributed by atoms with E-state index in [4.69, 9.17) is 14.1 Å². The van der Waals surface area contributed by atoms with Gasteiger partial charge in [0.2, 0.25) is 0 Å². The van der Waals surface area contributed by atoms with E-state index < -0.39 is 9.17 Å². The van der Waals surface area contributed by atoms with Crippen LogP contribution in [0.3, 0.4) is 0 Å². The van der Waals surface area contributed by atoms with Gasteiger partial charge in [-0.1, -0.05) is 0 Å². The van der Waals surface area contributed by atoms with Crippen molar-refractivity contribution in [1.82, 2.24) is 0 Å². The van der Waals surface area contributed by atoms with Gasteiger partial charge in [0.25, 0.3) is 0 Å². The summed E-state index contributed by atoms with van der Waals surface area (Å²) < 4.78 is 8.74. The molecule has 6 heteroatoms. The van der Waals surface area contributed by atoms with Crippen LogP contribution in [0.4, 0.5) is 0 Å². The molecule has 0 aliphatic rings. The molecule has 0 rings (SSSR count). The van der Waals surface area contributed by atoms with Gasteiger partial charge >= 0.3 is 66.7 Å². The third-order valence-corrected chi connectivity index (χ3v) is 0. The van der Waals surface area contributed by atoms with Crippen LogP contribution in [0.1, 0.15) is 0 Å². The van der Waals surface area contributed by atoms with Crippen LogP contribution in [-0.4, -0.2) is 76.3 Å². The first-order valence-electron chi connectivity index (χ1n) is 0.651. The van der Waals surface area contributed by atoms with Gasteiger partial charge in [-0.3, -0.25) is 4.46 Å². The minimum absolute atomic E-state index is 0. The molecule has 3 nitrogen and oxygen atoms in total. The molecule has 0 fully saturated rings. The zero-order valence-electron chi connectivity index (χ0n) is 1.80. The fourth-order valence-electron chi connectivity index (χ4n) is 0. The second-order valence-electron chi connectivity index (χ2n) is 0.283. The number of hydrogen-bond donors (Lipinski definition) is 2. The predicted molar refractivity (Wildman–Crippen MR) is 29.4 cm³/mol. The van der Waals surface area contributed by atoms with Gasteiger partial charge in [-0.2, -0.15) is 0 Å². The maximum atomic E-state index is 8.74. The number of rotatable bonds is 0. The van der Waals surface area contributed by atoms with Crippen LogP contribution in [0.25, 0.3) is 0 Å². The molecule has 0 spiro atoms. The summed E-state index contributed by atoms with van der Waals surface area (Å²) in [5.74, 6) is 0. The Balaban J connectivity index is -0.0000000450. The summed E-state index contributed by atoms with van der Waals surface area (Å²) in [7, 11) is -3.13. The van der Waals surface area contributed by atoms with Crippen LogP contribution >= 0.6 is 0 Å². The van der Waals surface area contributed by atoms with Gasteiger partial charge in [0.15, 0.2) is 0 Å². The predicted octanol–water partition coefficient (Wildman–Crippen LogP) is -3.71. The third-order valence-electron chi connectivity index (χ3n) is 0. The van der Waals surface area contributed by atoms with E-state index in [2.05, 4.69) is 0 Å². The van der Waals surface area contributed by atoms with Crippen molar-refractivity contribution >= 4 is 66.7 Å². The van der Waals surface area contributed by atoms with Crippen molar-refractivity contribution in [2.45, 2.75) is 0 Å². The third kappa shape index (κ3) is 49.1. The van der Waals surface area contributed by atoms with Crippen molar-refractivity contribution in [3.63, 3.8) is 0 Å². The molecule has 0 atom stereocenters. The van der Waals surface area contributed by atoms with E-state index in [1.54, 1.807) is 0 Å². The Morgan fingerprint density at radius 2 is 1.33 bits per heavy atom. The quantitative estimate of drug-likeness (QED) is 0.389. The monoisotopic (exact) mass is 192 g/mol. The van der Waals surface area contributed by atoms with E-state index >= 15 is 0 Å². The molecule has 0 aromatic heterocycles. The molecule has 34 valence electrons. The summed E-state index contributed by atoms with van der Waals surface area (Å²) in [5, 5.41) is 0. The average molecular weight is 193 g/mol. The Kier molecular flexibility index (Phi) is 25.3. The molecular formula is H7CaGaO3Si. The average Bonchev–Trinajstić information content (AvgIpc) is 0.811. The minimum atomic E-state index is -3.13. The van der Waals surface area contributed by atoms with Crippen molar-refractivity contribution in [1.29, 1.82) is 0 Å². The first-order valence-corrected chi connectivity index (χ1v) is 1.95. The summed E-state index contributed by atoms with van der Waals surface area (Å²) in [4.78, 5) is 14.3. The van der Waals surface area contributed by atoms with Crippen LogP contribution in [-0.2, 0) is 4.46 Å². The summed E-state index contributed by atoms with van der Waals surface area (Å²) >= 11 is 0. The molecule has 0 saturated heterocycles. The Morgan fingerprint density at radius 1 is 1.33 bits per heavy atom. The van der Waals surface area contributed by atoms with Crippen molar-refractivity contribution < 1.29 is 14.1 Å². The molecule has 0 bridgehead atoms. The van der Waals surface area contributed by atoms with Gasteiger partial charge in [-0.25, -0.2) is 0 Å². The second kappa shape index (κ2) is 9.72. The van der Waals surface area contributed by atoms with Crippen LogP contribution in [0.15, 0.2) is 0 Å². The van der Waals surface area contributed by atoms with E-state index in [9.17, 15) is 0 Å². The van der Waals surface area contributed by atoms with E-state index in [0.717, 1.165) is 0 Å². The van der Waals surface area contributed by atoms with Crippen LogP contribution in [0, 0.1) is 0 Å².